The molecule has 0 atom stereocenters. The van der Waals surface area contributed by atoms with Crippen LogP contribution in [0, 0.1) is 13.8 Å². The molecule has 0 unspecified atom stereocenters. The Morgan fingerprint density at radius 1 is 1.12 bits per heavy atom. The van der Waals surface area contributed by atoms with Crippen molar-refractivity contribution in [3.63, 3.8) is 0 Å². The molecule has 0 aliphatic rings. The minimum atomic E-state index is -0.183. The Hall–Kier alpha value is -1.98. The minimum absolute atomic E-state index is 0.183. The quantitative estimate of drug-likeness (QED) is 0.687. The van der Waals surface area contributed by atoms with Crippen LogP contribution in [0.1, 0.15) is 11.4 Å². The van der Waals surface area contributed by atoms with Crippen molar-refractivity contribution in [2.45, 2.75) is 13.8 Å². The maximum Gasteiger partial charge on any atom is 0.345 e. The lowest BCUT2D eigenvalue weighted by molar-refractivity contribution is 0.714. The van der Waals surface area contributed by atoms with Crippen molar-refractivity contribution in [2.24, 2.45) is 14.1 Å². The van der Waals surface area contributed by atoms with Crippen molar-refractivity contribution in [1.29, 1.82) is 0 Å². The van der Waals surface area contributed by atoms with Gasteiger partial charge in [-0.3, -0.25) is 4.57 Å². The molecular formula is C10H13N5O. The third kappa shape index (κ3) is 1.62. The van der Waals surface area contributed by atoms with Crippen LogP contribution in [0.15, 0.2) is 10.9 Å². The van der Waals surface area contributed by atoms with E-state index in [9.17, 15) is 4.79 Å². The summed E-state index contributed by atoms with van der Waals surface area (Å²) in [6.45, 7) is 3.78. The van der Waals surface area contributed by atoms with Crippen molar-refractivity contribution >= 4 is 0 Å². The fourth-order valence-corrected chi connectivity index (χ4v) is 1.58. The van der Waals surface area contributed by atoms with E-state index in [4.69, 9.17) is 0 Å². The van der Waals surface area contributed by atoms with E-state index in [0.717, 1.165) is 11.4 Å². The summed E-state index contributed by atoms with van der Waals surface area (Å²) in [6, 6.07) is 1.88. The largest absolute Gasteiger partial charge is 0.345 e. The van der Waals surface area contributed by atoms with Crippen LogP contribution in [-0.4, -0.2) is 24.3 Å². The van der Waals surface area contributed by atoms with Gasteiger partial charge in [0.05, 0.1) is 0 Å². The Morgan fingerprint density at radius 2 is 1.69 bits per heavy atom. The first-order valence-corrected chi connectivity index (χ1v) is 4.91. The molecule has 2 rings (SSSR count). The Morgan fingerprint density at radius 3 is 2.12 bits per heavy atom. The van der Waals surface area contributed by atoms with E-state index in [1.165, 1.54) is 9.25 Å². The van der Waals surface area contributed by atoms with Crippen molar-refractivity contribution in [3.8, 4) is 11.6 Å². The first-order chi connectivity index (χ1) is 7.49. The molecule has 0 spiro atoms. The van der Waals surface area contributed by atoms with E-state index in [0.29, 0.717) is 11.6 Å². The molecule has 0 fully saturated rings. The van der Waals surface area contributed by atoms with Crippen LogP contribution >= 0.6 is 0 Å². The summed E-state index contributed by atoms with van der Waals surface area (Å²) in [7, 11) is 3.26. The van der Waals surface area contributed by atoms with Crippen LogP contribution in [0.25, 0.3) is 11.6 Å². The number of aryl methyl sites for hydroxylation is 3. The molecule has 6 heteroatoms. The van der Waals surface area contributed by atoms with E-state index >= 15 is 0 Å². The first kappa shape index (κ1) is 10.5. The van der Waals surface area contributed by atoms with Gasteiger partial charge >= 0.3 is 5.69 Å². The second kappa shape index (κ2) is 3.55. The summed E-state index contributed by atoms with van der Waals surface area (Å²) in [4.78, 5) is 20.1. The molecule has 2 aromatic heterocycles. The molecule has 0 aliphatic heterocycles. The lowest BCUT2D eigenvalue weighted by atomic mass is 10.3. The molecule has 84 valence electrons. The molecule has 2 heterocycles. The van der Waals surface area contributed by atoms with E-state index < -0.39 is 0 Å². The lowest BCUT2D eigenvalue weighted by Gasteiger charge is -2.01. The normalized spacial score (nSPS) is 10.8. The number of nitrogens with zero attached hydrogens (tertiary/aromatic N) is 5. The monoisotopic (exact) mass is 219 g/mol. The molecule has 2 aromatic rings. The molecule has 0 saturated heterocycles. The highest BCUT2D eigenvalue weighted by molar-refractivity contribution is 5.43. The number of hydrogen-bond acceptors (Lipinski definition) is 4. The summed E-state index contributed by atoms with van der Waals surface area (Å²) in [5.74, 6) is 0.969. The molecular weight excluding hydrogens is 206 g/mol. The molecule has 0 bridgehead atoms. The lowest BCUT2D eigenvalue weighted by Crippen LogP contribution is -2.20. The highest BCUT2D eigenvalue weighted by Crippen LogP contribution is 2.10. The maximum atomic E-state index is 11.5. The van der Waals surface area contributed by atoms with Crippen molar-refractivity contribution in [2.75, 3.05) is 0 Å². The predicted molar refractivity (Wildman–Crippen MR) is 58.9 cm³/mol. The zero-order valence-corrected chi connectivity index (χ0v) is 9.72. The maximum absolute atomic E-state index is 11.5. The Bertz CT molecular complexity index is 575. The van der Waals surface area contributed by atoms with Gasteiger partial charge in [0.1, 0.15) is 0 Å². The van der Waals surface area contributed by atoms with Crippen molar-refractivity contribution < 1.29 is 0 Å². The molecule has 0 aliphatic carbocycles. The van der Waals surface area contributed by atoms with E-state index in [1.54, 1.807) is 14.1 Å². The standard InChI is InChI=1S/C10H13N5O/c1-6-5-7(2)12-8(11-6)9-13-15(4)10(16)14(9)3/h5H,1-4H3. The van der Waals surface area contributed by atoms with Crippen molar-refractivity contribution in [3.05, 3.63) is 27.9 Å². The van der Waals surface area contributed by atoms with E-state index in [2.05, 4.69) is 15.1 Å². The average molecular weight is 219 g/mol. The van der Waals surface area contributed by atoms with Gasteiger partial charge in [0, 0.05) is 25.5 Å². The topological polar surface area (TPSA) is 65.6 Å². The van der Waals surface area contributed by atoms with Crippen LogP contribution in [0.3, 0.4) is 0 Å². The van der Waals surface area contributed by atoms with Crippen LogP contribution < -0.4 is 5.69 Å². The molecule has 0 N–H and O–H groups in total. The van der Waals surface area contributed by atoms with Gasteiger partial charge < -0.3 is 0 Å². The van der Waals surface area contributed by atoms with Crippen LogP contribution in [0.5, 0.6) is 0 Å². The average Bonchev–Trinajstić information content (AvgIpc) is 2.44. The Labute approximate surface area is 92.6 Å². The molecule has 0 amide bonds. The fourth-order valence-electron chi connectivity index (χ4n) is 1.58. The second-order valence-corrected chi connectivity index (χ2v) is 3.76. The number of hydrogen-bond donors (Lipinski definition) is 0. The van der Waals surface area contributed by atoms with Gasteiger partial charge in [-0.1, -0.05) is 0 Å². The van der Waals surface area contributed by atoms with Crippen LogP contribution in [0.2, 0.25) is 0 Å². The molecule has 16 heavy (non-hydrogen) atoms. The zero-order chi connectivity index (χ0) is 11.9. The van der Waals surface area contributed by atoms with Crippen LogP contribution in [-0.2, 0) is 14.1 Å². The third-order valence-corrected chi connectivity index (χ3v) is 2.31. The molecule has 0 saturated carbocycles. The number of rotatable bonds is 1. The summed E-state index contributed by atoms with van der Waals surface area (Å²) < 4.78 is 2.71. The van der Waals surface area contributed by atoms with Gasteiger partial charge in [-0.25, -0.2) is 19.4 Å². The van der Waals surface area contributed by atoms with Gasteiger partial charge in [0.25, 0.3) is 0 Å². The Balaban J connectivity index is 2.67. The van der Waals surface area contributed by atoms with Crippen molar-refractivity contribution in [1.82, 2.24) is 24.3 Å². The smallest absolute Gasteiger partial charge is 0.275 e. The van der Waals surface area contributed by atoms with Gasteiger partial charge in [-0.15, -0.1) is 5.10 Å². The van der Waals surface area contributed by atoms with E-state index in [-0.39, 0.29) is 5.69 Å². The highest BCUT2D eigenvalue weighted by atomic mass is 16.2. The third-order valence-electron chi connectivity index (χ3n) is 2.31. The van der Waals surface area contributed by atoms with Gasteiger partial charge in [-0.2, -0.15) is 0 Å². The number of aromatic nitrogens is 5. The van der Waals surface area contributed by atoms with Crippen LogP contribution in [0.4, 0.5) is 0 Å². The fraction of sp³-hybridized carbons (Fsp3) is 0.400. The van der Waals surface area contributed by atoms with Gasteiger partial charge in [-0.05, 0) is 19.9 Å². The molecule has 0 radical (unpaired) electrons. The summed E-state index contributed by atoms with van der Waals surface area (Å²) >= 11 is 0. The van der Waals surface area contributed by atoms with E-state index in [1.807, 2.05) is 19.9 Å². The second-order valence-electron chi connectivity index (χ2n) is 3.76. The predicted octanol–water partition coefficient (Wildman–Crippen LogP) is 0.193. The summed E-state index contributed by atoms with van der Waals surface area (Å²) in [5, 5.41) is 4.10. The van der Waals surface area contributed by atoms with Gasteiger partial charge in [0.2, 0.25) is 5.82 Å². The molecule has 6 nitrogen and oxygen atoms in total. The minimum Gasteiger partial charge on any atom is -0.275 e. The zero-order valence-electron chi connectivity index (χ0n) is 9.72. The molecule has 0 aromatic carbocycles. The highest BCUT2D eigenvalue weighted by Gasteiger charge is 2.13. The first-order valence-electron chi connectivity index (χ1n) is 4.91. The summed E-state index contributed by atoms with van der Waals surface area (Å²) in [5.41, 5.74) is 1.54. The summed E-state index contributed by atoms with van der Waals surface area (Å²) in [6.07, 6.45) is 0. The Kier molecular flexibility index (Phi) is 2.34. The SMILES string of the molecule is Cc1cc(C)nc(-c2nn(C)c(=O)n2C)n1. The van der Waals surface area contributed by atoms with Gasteiger partial charge in [0.15, 0.2) is 5.82 Å².